The topological polar surface area (TPSA) is 69.6 Å². The van der Waals surface area contributed by atoms with Crippen molar-refractivity contribution >= 4 is 11.9 Å². The summed E-state index contributed by atoms with van der Waals surface area (Å²) in [5, 5.41) is 6.47. The molecule has 0 radical (unpaired) electrons. The van der Waals surface area contributed by atoms with Crippen molar-refractivity contribution in [2.45, 2.75) is 40.0 Å². The maximum atomic E-state index is 12.2. The molecule has 0 bridgehead atoms. The van der Waals surface area contributed by atoms with Crippen LogP contribution in [0.5, 0.6) is 0 Å². The van der Waals surface area contributed by atoms with Crippen molar-refractivity contribution in [2.24, 2.45) is 10.9 Å². The van der Waals surface area contributed by atoms with E-state index >= 15 is 0 Å². The molecule has 1 amide bonds. The van der Waals surface area contributed by atoms with Crippen molar-refractivity contribution in [3.63, 3.8) is 0 Å². The van der Waals surface area contributed by atoms with Crippen LogP contribution in [-0.2, 0) is 11.2 Å². The van der Waals surface area contributed by atoms with Gasteiger partial charge in [0.25, 0.3) is 0 Å². The zero-order chi connectivity index (χ0) is 18.5. The Morgan fingerprint density at radius 1 is 1.32 bits per heavy atom. The number of carbonyl (C=O) groups excluding carboxylic acids is 1. The molecule has 25 heavy (non-hydrogen) atoms. The number of pyridine rings is 1. The number of aliphatic imine (C=N–C) groups is 1. The Bertz CT molecular complexity index is 516. The van der Waals surface area contributed by atoms with Crippen molar-refractivity contribution < 1.29 is 4.79 Å². The fourth-order valence-corrected chi connectivity index (χ4v) is 2.28. The Kier molecular flexibility index (Phi) is 10.3. The Morgan fingerprint density at radius 3 is 2.76 bits per heavy atom. The van der Waals surface area contributed by atoms with Gasteiger partial charge in [-0.3, -0.25) is 9.78 Å². The molecule has 0 spiro atoms. The Labute approximate surface area is 152 Å². The summed E-state index contributed by atoms with van der Waals surface area (Å²) in [5.41, 5.74) is 0.991. The maximum absolute atomic E-state index is 12.2. The third-order valence-electron chi connectivity index (χ3n) is 3.82. The minimum absolute atomic E-state index is 0.00955. The van der Waals surface area contributed by atoms with E-state index in [2.05, 4.69) is 34.5 Å². The highest BCUT2D eigenvalue weighted by atomic mass is 16.2. The number of likely N-dealkylation sites (N-methyl/N-ethyl adjacent to an activating group) is 1. The molecule has 0 aliphatic carbocycles. The van der Waals surface area contributed by atoms with E-state index in [4.69, 9.17) is 0 Å². The van der Waals surface area contributed by atoms with Gasteiger partial charge in [0.2, 0.25) is 5.91 Å². The fraction of sp³-hybridized carbons (Fsp3) is 0.632. The predicted molar refractivity (Wildman–Crippen MR) is 104 cm³/mol. The molecule has 6 heteroatoms. The molecule has 2 N–H and O–H groups in total. The number of rotatable bonds is 10. The second kappa shape index (κ2) is 12.3. The van der Waals surface area contributed by atoms with Crippen molar-refractivity contribution in [3.05, 3.63) is 30.1 Å². The SMILES string of the molecule is CCNC(=NCC(=O)N(C)CCc1ccccn1)NCCCC(C)C. The molecule has 1 aromatic heterocycles. The molecule has 0 saturated heterocycles. The molecule has 0 unspecified atom stereocenters. The van der Waals surface area contributed by atoms with Crippen LogP contribution in [0.1, 0.15) is 39.3 Å². The van der Waals surface area contributed by atoms with Crippen LogP contribution >= 0.6 is 0 Å². The summed E-state index contributed by atoms with van der Waals surface area (Å²) in [6, 6.07) is 5.83. The molecule has 0 aliphatic rings. The molecule has 1 aromatic rings. The molecule has 0 saturated carbocycles. The van der Waals surface area contributed by atoms with Crippen LogP contribution in [0.15, 0.2) is 29.4 Å². The smallest absolute Gasteiger partial charge is 0.244 e. The lowest BCUT2D eigenvalue weighted by Gasteiger charge is -2.17. The molecule has 0 aromatic carbocycles. The number of hydrogen-bond acceptors (Lipinski definition) is 3. The van der Waals surface area contributed by atoms with Crippen LogP contribution in [0.25, 0.3) is 0 Å². The van der Waals surface area contributed by atoms with E-state index in [1.165, 1.54) is 6.42 Å². The molecule has 6 nitrogen and oxygen atoms in total. The van der Waals surface area contributed by atoms with Gasteiger partial charge in [-0.05, 0) is 37.8 Å². The summed E-state index contributed by atoms with van der Waals surface area (Å²) in [7, 11) is 1.81. The van der Waals surface area contributed by atoms with Crippen LogP contribution in [0.2, 0.25) is 0 Å². The van der Waals surface area contributed by atoms with E-state index in [1.807, 2.05) is 32.2 Å². The zero-order valence-corrected chi connectivity index (χ0v) is 16.1. The predicted octanol–water partition coefficient (Wildman–Crippen LogP) is 2.07. The maximum Gasteiger partial charge on any atom is 0.244 e. The van der Waals surface area contributed by atoms with Gasteiger partial charge in [0, 0.05) is 45.0 Å². The zero-order valence-electron chi connectivity index (χ0n) is 16.1. The Balaban J connectivity index is 2.38. The van der Waals surface area contributed by atoms with Gasteiger partial charge in [-0.15, -0.1) is 0 Å². The molecular formula is C19H33N5O. The van der Waals surface area contributed by atoms with E-state index in [0.29, 0.717) is 18.4 Å². The van der Waals surface area contributed by atoms with Crippen molar-refractivity contribution in [2.75, 3.05) is 33.2 Å². The highest BCUT2D eigenvalue weighted by Gasteiger charge is 2.09. The third kappa shape index (κ3) is 9.69. The second-order valence-corrected chi connectivity index (χ2v) is 6.54. The van der Waals surface area contributed by atoms with Gasteiger partial charge in [0.05, 0.1) is 0 Å². The lowest BCUT2D eigenvalue weighted by molar-refractivity contribution is -0.128. The first kappa shape index (κ1) is 20.9. The number of guanidine groups is 1. The fourth-order valence-electron chi connectivity index (χ4n) is 2.28. The lowest BCUT2D eigenvalue weighted by atomic mass is 10.1. The van der Waals surface area contributed by atoms with E-state index in [9.17, 15) is 4.79 Å². The van der Waals surface area contributed by atoms with Crippen LogP contribution in [0.4, 0.5) is 0 Å². The number of nitrogens with zero attached hydrogens (tertiary/aromatic N) is 3. The minimum atomic E-state index is 0.00955. The van der Waals surface area contributed by atoms with E-state index in [1.54, 1.807) is 11.1 Å². The Hall–Kier alpha value is -2.11. The van der Waals surface area contributed by atoms with E-state index in [0.717, 1.165) is 31.6 Å². The van der Waals surface area contributed by atoms with Crippen molar-refractivity contribution in [1.82, 2.24) is 20.5 Å². The summed E-state index contributed by atoms with van der Waals surface area (Å²) in [5.74, 6) is 1.42. The number of amides is 1. The van der Waals surface area contributed by atoms with Crippen LogP contribution in [-0.4, -0.2) is 55.0 Å². The number of aromatic nitrogens is 1. The van der Waals surface area contributed by atoms with E-state index in [-0.39, 0.29) is 12.5 Å². The molecule has 0 atom stereocenters. The summed E-state index contributed by atoms with van der Waals surface area (Å²) in [4.78, 5) is 22.6. The van der Waals surface area contributed by atoms with Gasteiger partial charge in [0.15, 0.2) is 5.96 Å². The number of hydrogen-bond donors (Lipinski definition) is 2. The van der Waals surface area contributed by atoms with Gasteiger partial charge >= 0.3 is 0 Å². The minimum Gasteiger partial charge on any atom is -0.357 e. The quantitative estimate of drug-likeness (QED) is 0.386. The Morgan fingerprint density at radius 2 is 2.12 bits per heavy atom. The van der Waals surface area contributed by atoms with Crippen molar-refractivity contribution in [3.8, 4) is 0 Å². The molecule has 1 heterocycles. The molecular weight excluding hydrogens is 314 g/mol. The van der Waals surface area contributed by atoms with Crippen LogP contribution < -0.4 is 10.6 Å². The molecule has 0 aliphatic heterocycles. The van der Waals surface area contributed by atoms with Gasteiger partial charge in [-0.25, -0.2) is 4.99 Å². The lowest BCUT2D eigenvalue weighted by Crippen LogP contribution is -2.39. The van der Waals surface area contributed by atoms with E-state index < -0.39 is 0 Å². The number of carbonyl (C=O) groups is 1. The highest BCUT2D eigenvalue weighted by molar-refractivity contribution is 5.84. The average molecular weight is 348 g/mol. The molecule has 1 rings (SSSR count). The highest BCUT2D eigenvalue weighted by Crippen LogP contribution is 2.01. The molecule has 0 fully saturated rings. The first-order valence-electron chi connectivity index (χ1n) is 9.19. The van der Waals surface area contributed by atoms with Crippen LogP contribution in [0, 0.1) is 5.92 Å². The summed E-state index contributed by atoms with van der Waals surface area (Å²) in [6.45, 7) is 8.90. The standard InChI is InChI=1S/C19H33N5O/c1-5-20-19(22-13-8-9-16(2)3)23-15-18(25)24(4)14-11-17-10-6-7-12-21-17/h6-7,10,12,16H,5,8-9,11,13-15H2,1-4H3,(H2,20,22,23). The third-order valence-corrected chi connectivity index (χ3v) is 3.82. The van der Waals surface area contributed by atoms with Crippen LogP contribution in [0.3, 0.4) is 0 Å². The second-order valence-electron chi connectivity index (χ2n) is 6.54. The van der Waals surface area contributed by atoms with Gasteiger partial charge in [0.1, 0.15) is 6.54 Å². The van der Waals surface area contributed by atoms with Crippen molar-refractivity contribution in [1.29, 1.82) is 0 Å². The number of nitrogens with one attached hydrogen (secondary N) is 2. The largest absolute Gasteiger partial charge is 0.357 e. The monoisotopic (exact) mass is 347 g/mol. The first-order valence-corrected chi connectivity index (χ1v) is 9.19. The average Bonchev–Trinajstić information content (AvgIpc) is 2.61. The van der Waals surface area contributed by atoms with Gasteiger partial charge < -0.3 is 15.5 Å². The summed E-state index contributed by atoms with van der Waals surface area (Å²) >= 11 is 0. The molecule has 140 valence electrons. The normalized spacial score (nSPS) is 11.5. The summed E-state index contributed by atoms with van der Waals surface area (Å²) < 4.78 is 0. The van der Waals surface area contributed by atoms with Gasteiger partial charge in [-0.2, -0.15) is 0 Å². The summed E-state index contributed by atoms with van der Waals surface area (Å²) in [6.07, 6.45) is 4.80. The van der Waals surface area contributed by atoms with Gasteiger partial charge in [-0.1, -0.05) is 19.9 Å². The first-order chi connectivity index (χ1) is 12.0.